The number of benzene rings is 1. The average Bonchev–Trinajstić information content (AvgIpc) is 2.45. The number of nitrogens with one attached hydrogen (secondary N) is 2. The summed E-state index contributed by atoms with van der Waals surface area (Å²) < 4.78 is 24.1. The molecule has 118 valence electrons. The van der Waals surface area contributed by atoms with Crippen molar-refractivity contribution in [3.8, 4) is 0 Å². The maximum Gasteiger partial charge on any atom is 0.239 e. The Bertz CT molecular complexity index is 532. The normalized spacial score (nSPS) is 11.4. The number of carbonyl (C=O) groups is 1. The van der Waals surface area contributed by atoms with Crippen LogP contribution in [0.5, 0.6) is 0 Å². The predicted octanol–water partition coefficient (Wildman–Crippen LogP) is 0.886. The molecule has 0 spiro atoms. The molecule has 1 rings (SSSR count). The molecule has 21 heavy (non-hydrogen) atoms. The number of anilines is 1. The van der Waals surface area contributed by atoms with Crippen LogP contribution >= 0.6 is 0 Å². The van der Waals surface area contributed by atoms with Gasteiger partial charge in [-0.25, -0.2) is 12.7 Å². The number of rotatable bonds is 9. The summed E-state index contributed by atoms with van der Waals surface area (Å²) in [6.07, 6.45) is 1.79. The summed E-state index contributed by atoms with van der Waals surface area (Å²) in [5, 5.41) is 5.77. The van der Waals surface area contributed by atoms with Crippen molar-refractivity contribution >= 4 is 21.6 Å². The lowest BCUT2D eigenvalue weighted by atomic mass is 10.3. The first kappa shape index (κ1) is 17.5. The molecule has 0 fully saturated rings. The monoisotopic (exact) mass is 313 g/mol. The second-order valence-electron chi connectivity index (χ2n) is 4.68. The lowest BCUT2D eigenvalue weighted by molar-refractivity contribution is -0.119. The smallest absolute Gasteiger partial charge is 0.239 e. The minimum absolute atomic E-state index is 0.110. The topological polar surface area (TPSA) is 78.5 Å². The average molecular weight is 313 g/mol. The molecule has 0 atom stereocenters. The van der Waals surface area contributed by atoms with Gasteiger partial charge in [-0.1, -0.05) is 25.1 Å². The fourth-order valence-corrected chi connectivity index (χ4v) is 2.77. The van der Waals surface area contributed by atoms with Crippen molar-refractivity contribution in [1.82, 2.24) is 9.62 Å². The van der Waals surface area contributed by atoms with E-state index in [4.69, 9.17) is 0 Å². The van der Waals surface area contributed by atoms with Gasteiger partial charge in [-0.3, -0.25) is 4.79 Å². The van der Waals surface area contributed by atoms with Crippen LogP contribution in [-0.4, -0.2) is 51.1 Å². The molecule has 6 nitrogen and oxygen atoms in total. The summed E-state index contributed by atoms with van der Waals surface area (Å²) in [4.78, 5) is 11.6. The maximum atomic E-state index is 11.6. The van der Waals surface area contributed by atoms with E-state index >= 15 is 0 Å². The van der Waals surface area contributed by atoms with E-state index < -0.39 is 10.0 Å². The number of sulfonamides is 1. The first-order valence-corrected chi connectivity index (χ1v) is 8.79. The highest BCUT2D eigenvalue weighted by atomic mass is 32.2. The zero-order valence-electron chi connectivity index (χ0n) is 12.5. The van der Waals surface area contributed by atoms with Gasteiger partial charge in [0.15, 0.2) is 0 Å². The Balaban J connectivity index is 2.19. The van der Waals surface area contributed by atoms with Crippen LogP contribution in [-0.2, 0) is 14.8 Å². The second-order valence-corrected chi connectivity index (χ2v) is 6.66. The number of para-hydroxylation sites is 1. The minimum Gasteiger partial charge on any atom is -0.376 e. The fourth-order valence-electron chi connectivity index (χ4n) is 1.84. The van der Waals surface area contributed by atoms with Gasteiger partial charge in [0.25, 0.3) is 0 Å². The third-order valence-corrected chi connectivity index (χ3v) is 4.33. The maximum absolute atomic E-state index is 11.6. The molecule has 2 N–H and O–H groups in total. The first-order valence-electron chi connectivity index (χ1n) is 6.94. The highest BCUT2D eigenvalue weighted by Gasteiger charge is 2.13. The first-order chi connectivity index (χ1) is 9.93. The number of carbonyl (C=O) groups excluding carboxylic acids is 1. The van der Waals surface area contributed by atoms with Gasteiger partial charge in [0.05, 0.1) is 12.8 Å². The van der Waals surface area contributed by atoms with Crippen LogP contribution in [0.1, 0.15) is 13.3 Å². The summed E-state index contributed by atoms with van der Waals surface area (Å²) in [5.74, 6) is -0.110. The molecule has 0 aliphatic rings. The van der Waals surface area contributed by atoms with E-state index in [2.05, 4.69) is 10.6 Å². The molecule has 1 aromatic rings. The molecule has 0 heterocycles. The fraction of sp³-hybridized carbons (Fsp3) is 0.500. The SMILES string of the molecule is CCN(CCCNC(=O)CNc1ccccc1)S(C)(=O)=O. The minimum atomic E-state index is -3.15. The molecule has 0 saturated carbocycles. The van der Waals surface area contributed by atoms with E-state index in [0.29, 0.717) is 26.1 Å². The number of hydrogen-bond donors (Lipinski definition) is 2. The van der Waals surface area contributed by atoms with E-state index in [9.17, 15) is 13.2 Å². The largest absolute Gasteiger partial charge is 0.376 e. The van der Waals surface area contributed by atoms with Gasteiger partial charge in [0.2, 0.25) is 15.9 Å². The van der Waals surface area contributed by atoms with E-state index in [1.54, 1.807) is 6.92 Å². The zero-order valence-corrected chi connectivity index (χ0v) is 13.3. The van der Waals surface area contributed by atoms with Crippen molar-refractivity contribution in [1.29, 1.82) is 0 Å². The van der Waals surface area contributed by atoms with E-state index in [1.807, 2.05) is 30.3 Å². The van der Waals surface area contributed by atoms with Crippen molar-refractivity contribution < 1.29 is 13.2 Å². The van der Waals surface area contributed by atoms with Gasteiger partial charge in [0.1, 0.15) is 0 Å². The molecule has 0 saturated heterocycles. The Morgan fingerprint density at radius 1 is 1.24 bits per heavy atom. The van der Waals surface area contributed by atoms with Crippen LogP contribution in [0, 0.1) is 0 Å². The predicted molar refractivity (Wildman–Crippen MR) is 84.6 cm³/mol. The van der Waals surface area contributed by atoms with Crippen LogP contribution < -0.4 is 10.6 Å². The van der Waals surface area contributed by atoms with Gasteiger partial charge in [-0.15, -0.1) is 0 Å². The number of nitrogens with zero attached hydrogens (tertiary/aromatic N) is 1. The Kier molecular flexibility index (Phi) is 7.18. The van der Waals surface area contributed by atoms with Crippen molar-refractivity contribution in [3.05, 3.63) is 30.3 Å². The molecule has 1 aromatic carbocycles. The van der Waals surface area contributed by atoms with Crippen LogP contribution in [0.4, 0.5) is 5.69 Å². The lowest BCUT2D eigenvalue weighted by Gasteiger charge is -2.17. The van der Waals surface area contributed by atoms with Gasteiger partial charge >= 0.3 is 0 Å². The van der Waals surface area contributed by atoms with Crippen LogP contribution in [0.15, 0.2) is 30.3 Å². The summed E-state index contributed by atoms with van der Waals surface area (Å²) in [6, 6.07) is 9.47. The Labute approximate surface area is 126 Å². The van der Waals surface area contributed by atoms with Gasteiger partial charge in [0, 0.05) is 25.3 Å². The number of hydrogen-bond acceptors (Lipinski definition) is 4. The Morgan fingerprint density at radius 2 is 1.90 bits per heavy atom. The van der Waals surface area contributed by atoms with Gasteiger partial charge < -0.3 is 10.6 Å². The third-order valence-electron chi connectivity index (χ3n) is 2.96. The molecule has 0 aliphatic heterocycles. The summed E-state index contributed by atoms with van der Waals surface area (Å²) in [7, 11) is -3.15. The van der Waals surface area contributed by atoms with E-state index in [1.165, 1.54) is 10.6 Å². The van der Waals surface area contributed by atoms with Crippen LogP contribution in [0.3, 0.4) is 0 Å². The van der Waals surface area contributed by atoms with Crippen LogP contribution in [0.25, 0.3) is 0 Å². The standard InChI is InChI=1S/C14H23N3O3S/c1-3-17(21(2,19)20)11-7-10-15-14(18)12-16-13-8-5-4-6-9-13/h4-6,8-9,16H,3,7,10-12H2,1-2H3,(H,15,18). The molecule has 0 aromatic heterocycles. The quantitative estimate of drug-likeness (QED) is 0.664. The van der Waals surface area contributed by atoms with Crippen molar-refractivity contribution in [2.24, 2.45) is 0 Å². The highest BCUT2D eigenvalue weighted by molar-refractivity contribution is 7.88. The molecule has 7 heteroatoms. The summed E-state index contributed by atoms with van der Waals surface area (Å²) in [6.45, 7) is 3.32. The molecule has 0 bridgehead atoms. The number of amides is 1. The third kappa shape index (κ3) is 7.10. The lowest BCUT2D eigenvalue weighted by Crippen LogP contribution is -2.35. The van der Waals surface area contributed by atoms with Gasteiger partial charge in [-0.2, -0.15) is 0 Å². The van der Waals surface area contributed by atoms with E-state index in [-0.39, 0.29) is 12.5 Å². The molecule has 0 radical (unpaired) electrons. The van der Waals surface area contributed by atoms with E-state index in [0.717, 1.165) is 5.69 Å². The molecule has 0 unspecified atom stereocenters. The molecular formula is C14H23N3O3S. The van der Waals surface area contributed by atoms with Crippen molar-refractivity contribution in [2.45, 2.75) is 13.3 Å². The van der Waals surface area contributed by atoms with Crippen molar-refractivity contribution in [3.63, 3.8) is 0 Å². The Morgan fingerprint density at radius 3 is 2.48 bits per heavy atom. The molecule has 0 aliphatic carbocycles. The zero-order chi connectivity index (χ0) is 15.7. The van der Waals surface area contributed by atoms with Crippen LogP contribution in [0.2, 0.25) is 0 Å². The summed E-state index contributed by atoms with van der Waals surface area (Å²) >= 11 is 0. The van der Waals surface area contributed by atoms with Crippen molar-refractivity contribution in [2.75, 3.05) is 37.8 Å². The molecular weight excluding hydrogens is 290 g/mol. The second kappa shape index (κ2) is 8.63. The summed E-state index contributed by atoms with van der Waals surface area (Å²) in [5.41, 5.74) is 0.891. The van der Waals surface area contributed by atoms with Gasteiger partial charge in [-0.05, 0) is 18.6 Å². The molecule has 1 amide bonds. The highest BCUT2D eigenvalue weighted by Crippen LogP contribution is 2.03. The Hall–Kier alpha value is -1.60.